The van der Waals surface area contributed by atoms with E-state index in [1.807, 2.05) is 0 Å². The topological polar surface area (TPSA) is 102 Å². The summed E-state index contributed by atoms with van der Waals surface area (Å²) >= 11 is 0. The number of hydroxylamine groups is 1. The molecule has 7 nitrogen and oxygen atoms in total. The fourth-order valence-corrected chi connectivity index (χ4v) is 1.15. The second-order valence-corrected chi connectivity index (χ2v) is 3.06. The number of aromatic carboxylic acids is 1. The van der Waals surface area contributed by atoms with E-state index in [1.165, 1.54) is 24.3 Å². The molecule has 0 aliphatic heterocycles. The van der Waals surface area contributed by atoms with Gasteiger partial charge in [-0.2, -0.15) is 0 Å². The maximum atomic E-state index is 11.5. The Balaban J connectivity index is 2.73. The standard InChI is InChI=1S/C11H11NO6/c1-2-17-11(16)12-18-10(15)8-6-4-3-5-7(8)9(13)14/h3-6H,2H2,1H3,(H,12,16)(H,13,14). The van der Waals surface area contributed by atoms with Crippen LogP contribution >= 0.6 is 0 Å². The summed E-state index contributed by atoms with van der Waals surface area (Å²) in [4.78, 5) is 37.6. The van der Waals surface area contributed by atoms with Crippen LogP contribution in [0.3, 0.4) is 0 Å². The van der Waals surface area contributed by atoms with Gasteiger partial charge in [0.15, 0.2) is 0 Å². The normalized spacial score (nSPS) is 9.39. The number of carboxylic acid groups (broad SMARTS) is 1. The van der Waals surface area contributed by atoms with Gasteiger partial charge in [-0.1, -0.05) is 12.1 Å². The summed E-state index contributed by atoms with van der Waals surface area (Å²) in [7, 11) is 0. The van der Waals surface area contributed by atoms with E-state index in [2.05, 4.69) is 9.57 Å². The predicted molar refractivity (Wildman–Crippen MR) is 59.0 cm³/mol. The first-order chi connectivity index (χ1) is 8.56. The Labute approximate surface area is 102 Å². The van der Waals surface area contributed by atoms with Crippen LogP contribution in [0, 0.1) is 0 Å². The molecular formula is C11H11NO6. The number of ether oxygens (including phenoxy) is 1. The molecule has 0 aliphatic carbocycles. The van der Waals surface area contributed by atoms with Crippen LogP contribution in [0.2, 0.25) is 0 Å². The van der Waals surface area contributed by atoms with E-state index in [0.29, 0.717) is 0 Å². The van der Waals surface area contributed by atoms with E-state index in [4.69, 9.17) is 5.11 Å². The molecule has 0 atom stereocenters. The third-order valence-corrected chi connectivity index (χ3v) is 1.88. The molecule has 0 heterocycles. The Hall–Kier alpha value is -2.57. The SMILES string of the molecule is CCOC(=O)NOC(=O)c1ccccc1C(=O)O. The van der Waals surface area contributed by atoms with Crippen LogP contribution in [0.15, 0.2) is 24.3 Å². The zero-order chi connectivity index (χ0) is 13.5. The molecule has 0 aromatic heterocycles. The van der Waals surface area contributed by atoms with E-state index in [9.17, 15) is 14.4 Å². The van der Waals surface area contributed by atoms with E-state index < -0.39 is 18.0 Å². The molecule has 7 heteroatoms. The van der Waals surface area contributed by atoms with Gasteiger partial charge in [0.05, 0.1) is 17.7 Å². The van der Waals surface area contributed by atoms with Crippen molar-refractivity contribution in [2.45, 2.75) is 6.92 Å². The molecule has 0 saturated heterocycles. The minimum Gasteiger partial charge on any atom is -0.478 e. The Morgan fingerprint density at radius 2 is 1.83 bits per heavy atom. The molecule has 1 aromatic carbocycles. The number of hydrogen-bond acceptors (Lipinski definition) is 5. The van der Waals surface area contributed by atoms with Gasteiger partial charge >= 0.3 is 18.0 Å². The first-order valence-electron chi connectivity index (χ1n) is 5.02. The van der Waals surface area contributed by atoms with Crippen molar-refractivity contribution in [2.24, 2.45) is 0 Å². The van der Waals surface area contributed by atoms with E-state index >= 15 is 0 Å². The molecule has 0 fully saturated rings. The zero-order valence-electron chi connectivity index (χ0n) is 9.50. The molecule has 96 valence electrons. The summed E-state index contributed by atoms with van der Waals surface area (Å²) in [5.41, 5.74) is 1.36. The fourth-order valence-electron chi connectivity index (χ4n) is 1.15. The van der Waals surface area contributed by atoms with Crippen molar-refractivity contribution in [3.8, 4) is 0 Å². The number of carbonyl (C=O) groups is 3. The largest absolute Gasteiger partial charge is 0.478 e. The Morgan fingerprint density at radius 3 is 2.39 bits per heavy atom. The monoisotopic (exact) mass is 253 g/mol. The van der Waals surface area contributed by atoms with Crippen LogP contribution in [0.1, 0.15) is 27.6 Å². The molecule has 18 heavy (non-hydrogen) atoms. The molecule has 1 rings (SSSR count). The van der Waals surface area contributed by atoms with Crippen molar-refractivity contribution < 1.29 is 29.1 Å². The Bertz CT molecular complexity index is 470. The second-order valence-electron chi connectivity index (χ2n) is 3.06. The summed E-state index contributed by atoms with van der Waals surface area (Å²) < 4.78 is 4.46. The van der Waals surface area contributed by atoms with Crippen LogP contribution < -0.4 is 5.48 Å². The second kappa shape index (κ2) is 6.24. The van der Waals surface area contributed by atoms with Crippen LogP contribution in [-0.4, -0.2) is 29.7 Å². The highest BCUT2D eigenvalue weighted by Gasteiger charge is 2.18. The van der Waals surface area contributed by atoms with Gasteiger partial charge in [0.25, 0.3) is 0 Å². The summed E-state index contributed by atoms with van der Waals surface area (Å²) in [6.07, 6.45) is -0.932. The molecule has 1 amide bonds. The van der Waals surface area contributed by atoms with Crippen molar-refractivity contribution in [2.75, 3.05) is 6.61 Å². The van der Waals surface area contributed by atoms with E-state index in [1.54, 1.807) is 12.4 Å². The van der Waals surface area contributed by atoms with Gasteiger partial charge < -0.3 is 14.7 Å². The summed E-state index contributed by atoms with van der Waals surface area (Å²) in [6, 6.07) is 5.48. The van der Waals surface area contributed by atoms with Crippen LogP contribution in [-0.2, 0) is 9.57 Å². The van der Waals surface area contributed by atoms with Crippen LogP contribution in [0.25, 0.3) is 0 Å². The quantitative estimate of drug-likeness (QED) is 0.785. The minimum absolute atomic E-state index is 0.120. The fraction of sp³-hybridized carbons (Fsp3) is 0.182. The molecular weight excluding hydrogens is 242 g/mol. The molecule has 0 spiro atoms. The van der Waals surface area contributed by atoms with Gasteiger partial charge in [-0.15, -0.1) is 5.48 Å². The summed E-state index contributed by atoms with van der Waals surface area (Å²) in [6.45, 7) is 1.70. The predicted octanol–water partition coefficient (Wildman–Crippen LogP) is 1.20. The van der Waals surface area contributed by atoms with Gasteiger partial charge in [-0.05, 0) is 19.1 Å². The molecule has 1 aromatic rings. The maximum Gasteiger partial charge on any atom is 0.440 e. The molecule has 0 unspecified atom stereocenters. The zero-order valence-corrected chi connectivity index (χ0v) is 9.50. The van der Waals surface area contributed by atoms with Crippen molar-refractivity contribution in [3.63, 3.8) is 0 Å². The Kier molecular flexibility index (Phi) is 4.67. The average Bonchev–Trinajstić information content (AvgIpc) is 2.36. The number of amides is 1. The highest BCUT2D eigenvalue weighted by Crippen LogP contribution is 2.09. The maximum absolute atomic E-state index is 11.5. The van der Waals surface area contributed by atoms with Crippen molar-refractivity contribution in [1.29, 1.82) is 0 Å². The minimum atomic E-state index is -1.27. The molecule has 2 N–H and O–H groups in total. The third-order valence-electron chi connectivity index (χ3n) is 1.88. The molecule has 0 saturated carbocycles. The van der Waals surface area contributed by atoms with Gasteiger partial charge in [-0.3, -0.25) is 0 Å². The number of carboxylic acids is 1. The van der Waals surface area contributed by atoms with E-state index in [-0.39, 0.29) is 17.7 Å². The lowest BCUT2D eigenvalue weighted by Gasteiger charge is -2.07. The van der Waals surface area contributed by atoms with Crippen LogP contribution in [0.5, 0.6) is 0 Å². The number of rotatable bonds is 3. The smallest absolute Gasteiger partial charge is 0.440 e. The summed E-state index contributed by atoms with van der Waals surface area (Å²) in [5, 5.41) is 8.86. The first-order valence-corrected chi connectivity index (χ1v) is 5.02. The molecule has 0 bridgehead atoms. The van der Waals surface area contributed by atoms with Crippen molar-refractivity contribution in [1.82, 2.24) is 5.48 Å². The number of carbonyl (C=O) groups excluding carboxylic acids is 2. The number of hydrogen-bond donors (Lipinski definition) is 2. The number of benzene rings is 1. The number of nitrogens with one attached hydrogen (secondary N) is 1. The first kappa shape index (κ1) is 13.5. The highest BCUT2D eigenvalue weighted by atomic mass is 16.7. The van der Waals surface area contributed by atoms with E-state index in [0.717, 1.165) is 0 Å². The average molecular weight is 253 g/mol. The van der Waals surface area contributed by atoms with Gasteiger partial charge in [-0.25, -0.2) is 14.4 Å². The highest BCUT2D eigenvalue weighted by molar-refractivity contribution is 6.02. The van der Waals surface area contributed by atoms with Gasteiger partial charge in [0, 0.05) is 0 Å². The lowest BCUT2D eigenvalue weighted by atomic mass is 10.1. The lowest BCUT2D eigenvalue weighted by molar-refractivity contribution is 0.0212. The molecule has 0 radical (unpaired) electrons. The van der Waals surface area contributed by atoms with Crippen LogP contribution in [0.4, 0.5) is 4.79 Å². The van der Waals surface area contributed by atoms with Gasteiger partial charge in [0.1, 0.15) is 0 Å². The van der Waals surface area contributed by atoms with Gasteiger partial charge in [0.2, 0.25) is 0 Å². The van der Waals surface area contributed by atoms with Crippen molar-refractivity contribution in [3.05, 3.63) is 35.4 Å². The summed E-state index contributed by atoms with van der Waals surface area (Å²) in [5.74, 6) is -2.25. The molecule has 0 aliphatic rings. The van der Waals surface area contributed by atoms with Crippen molar-refractivity contribution >= 4 is 18.0 Å². The lowest BCUT2D eigenvalue weighted by Crippen LogP contribution is -2.28. The third kappa shape index (κ3) is 3.48. The Morgan fingerprint density at radius 1 is 1.22 bits per heavy atom.